The molecule has 0 aromatic heterocycles. The molecule has 1 N–H and O–H groups in total. The van der Waals surface area contributed by atoms with Crippen LogP contribution in [0.25, 0.3) is 0 Å². The molecule has 0 saturated heterocycles. The molecule has 0 atom stereocenters. The van der Waals surface area contributed by atoms with Crippen molar-refractivity contribution in [2.45, 2.75) is 46.5 Å². The predicted molar refractivity (Wildman–Crippen MR) is 85.9 cm³/mol. The normalized spacial score (nSPS) is 20.3. The Kier molecular flexibility index (Phi) is 5.59. The second-order valence-corrected chi connectivity index (χ2v) is 6.21. The van der Waals surface area contributed by atoms with Crippen molar-refractivity contribution < 1.29 is 29.0 Å². The van der Waals surface area contributed by atoms with Gasteiger partial charge >= 0.3 is 17.9 Å². The Hall–Kier alpha value is -2.37. The fourth-order valence-electron chi connectivity index (χ4n) is 2.91. The highest BCUT2D eigenvalue weighted by Gasteiger charge is 2.31. The van der Waals surface area contributed by atoms with Crippen molar-refractivity contribution in [3.8, 4) is 11.5 Å². The maximum Gasteiger partial charge on any atom is 0.314 e. The van der Waals surface area contributed by atoms with Gasteiger partial charge in [0.15, 0.2) is 0 Å². The summed E-state index contributed by atoms with van der Waals surface area (Å²) in [7, 11) is 0. The van der Waals surface area contributed by atoms with E-state index in [9.17, 15) is 14.4 Å². The van der Waals surface area contributed by atoms with Gasteiger partial charge in [0.05, 0.1) is 11.8 Å². The molecule has 1 aliphatic carbocycles. The van der Waals surface area contributed by atoms with Crippen LogP contribution < -0.4 is 9.47 Å². The van der Waals surface area contributed by atoms with Crippen LogP contribution in [0, 0.1) is 25.7 Å². The lowest BCUT2D eigenvalue weighted by Gasteiger charge is -2.24. The van der Waals surface area contributed by atoms with Gasteiger partial charge in [-0.25, -0.2) is 0 Å². The molecule has 1 fully saturated rings. The van der Waals surface area contributed by atoms with Crippen LogP contribution in [0.3, 0.4) is 0 Å². The zero-order valence-electron chi connectivity index (χ0n) is 14.1. The zero-order valence-corrected chi connectivity index (χ0v) is 14.1. The minimum Gasteiger partial charge on any atom is -0.481 e. The average molecular weight is 334 g/mol. The SMILES string of the molecule is CC(=O)Oc1ccc(OC(=O)C2CCC(C(=O)O)CC2)c(C)c1C. The lowest BCUT2D eigenvalue weighted by Crippen LogP contribution is -2.28. The molecule has 0 unspecified atom stereocenters. The monoisotopic (exact) mass is 334 g/mol. The van der Waals surface area contributed by atoms with Crippen molar-refractivity contribution in [3.05, 3.63) is 23.3 Å². The number of rotatable bonds is 4. The summed E-state index contributed by atoms with van der Waals surface area (Å²) < 4.78 is 10.6. The van der Waals surface area contributed by atoms with Crippen molar-refractivity contribution in [1.82, 2.24) is 0 Å². The van der Waals surface area contributed by atoms with Crippen LogP contribution in [0.1, 0.15) is 43.7 Å². The van der Waals surface area contributed by atoms with E-state index in [4.69, 9.17) is 14.6 Å². The smallest absolute Gasteiger partial charge is 0.314 e. The van der Waals surface area contributed by atoms with Crippen molar-refractivity contribution in [1.29, 1.82) is 0 Å². The van der Waals surface area contributed by atoms with E-state index < -0.39 is 11.9 Å². The summed E-state index contributed by atoms with van der Waals surface area (Å²) in [5, 5.41) is 9.00. The van der Waals surface area contributed by atoms with Gasteiger partial charge in [0, 0.05) is 6.92 Å². The van der Waals surface area contributed by atoms with Crippen LogP contribution in [-0.2, 0) is 14.4 Å². The number of benzene rings is 1. The predicted octanol–water partition coefficient (Wildman–Crippen LogP) is 3.03. The van der Waals surface area contributed by atoms with Crippen LogP contribution in [0.5, 0.6) is 11.5 Å². The van der Waals surface area contributed by atoms with E-state index in [1.54, 1.807) is 26.0 Å². The average Bonchev–Trinajstić information content (AvgIpc) is 2.54. The number of esters is 2. The molecule has 0 spiro atoms. The summed E-state index contributed by atoms with van der Waals surface area (Å²) in [6, 6.07) is 3.22. The molecule has 130 valence electrons. The molecule has 0 radical (unpaired) electrons. The third-order valence-electron chi connectivity index (χ3n) is 4.56. The number of carbonyl (C=O) groups excluding carboxylic acids is 2. The molecule has 0 heterocycles. The largest absolute Gasteiger partial charge is 0.481 e. The third-order valence-corrected chi connectivity index (χ3v) is 4.56. The number of carbonyl (C=O) groups is 3. The molecule has 1 saturated carbocycles. The van der Waals surface area contributed by atoms with Gasteiger partial charge in [-0.05, 0) is 62.8 Å². The summed E-state index contributed by atoms with van der Waals surface area (Å²) in [5.74, 6) is -1.28. The van der Waals surface area contributed by atoms with Gasteiger partial charge in [0.1, 0.15) is 11.5 Å². The van der Waals surface area contributed by atoms with Gasteiger partial charge in [0.25, 0.3) is 0 Å². The van der Waals surface area contributed by atoms with E-state index >= 15 is 0 Å². The van der Waals surface area contributed by atoms with Crippen molar-refractivity contribution in [3.63, 3.8) is 0 Å². The van der Waals surface area contributed by atoms with Crippen LogP contribution in [0.2, 0.25) is 0 Å². The van der Waals surface area contributed by atoms with Gasteiger partial charge in [-0.1, -0.05) is 0 Å². The van der Waals surface area contributed by atoms with Crippen LogP contribution >= 0.6 is 0 Å². The summed E-state index contributed by atoms with van der Waals surface area (Å²) >= 11 is 0. The minimum absolute atomic E-state index is 0.270. The molecule has 2 rings (SSSR count). The maximum atomic E-state index is 12.3. The van der Waals surface area contributed by atoms with E-state index in [2.05, 4.69) is 0 Å². The summed E-state index contributed by atoms with van der Waals surface area (Å²) in [6.45, 7) is 4.92. The fraction of sp³-hybridized carbons (Fsp3) is 0.500. The Morgan fingerprint density at radius 3 is 1.83 bits per heavy atom. The van der Waals surface area contributed by atoms with Gasteiger partial charge in [-0.15, -0.1) is 0 Å². The highest BCUT2D eigenvalue weighted by atomic mass is 16.5. The minimum atomic E-state index is -0.797. The van der Waals surface area contributed by atoms with Crippen LogP contribution in [-0.4, -0.2) is 23.0 Å². The van der Waals surface area contributed by atoms with Crippen LogP contribution in [0.4, 0.5) is 0 Å². The highest BCUT2D eigenvalue weighted by Crippen LogP contribution is 2.33. The lowest BCUT2D eigenvalue weighted by molar-refractivity contribution is -0.146. The number of ether oxygens (including phenoxy) is 2. The molecule has 0 bridgehead atoms. The fourth-order valence-corrected chi connectivity index (χ4v) is 2.91. The molecule has 24 heavy (non-hydrogen) atoms. The standard InChI is InChI=1S/C18H22O6/c1-10-11(2)16(9-8-15(10)23-12(3)19)24-18(22)14-6-4-13(5-7-14)17(20)21/h8-9,13-14H,4-7H2,1-3H3,(H,20,21). The first kappa shape index (κ1) is 18.0. The number of hydrogen-bond donors (Lipinski definition) is 1. The van der Waals surface area contributed by atoms with Crippen molar-refractivity contribution in [2.24, 2.45) is 11.8 Å². The van der Waals surface area contributed by atoms with Gasteiger partial charge < -0.3 is 14.6 Å². The van der Waals surface area contributed by atoms with E-state index in [0.29, 0.717) is 37.2 Å². The molecule has 6 heteroatoms. The van der Waals surface area contributed by atoms with Gasteiger partial charge in [0.2, 0.25) is 0 Å². The number of aliphatic carboxylic acids is 1. The molecule has 0 amide bonds. The quantitative estimate of drug-likeness (QED) is 0.672. The highest BCUT2D eigenvalue weighted by molar-refractivity contribution is 5.77. The molecule has 1 aromatic carbocycles. The number of hydrogen-bond acceptors (Lipinski definition) is 5. The van der Waals surface area contributed by atoms with Crippen LogP contribution in [0.15, 0.2) is 12.1 Å². The van der Waals surface area contributed by atoms with E-state index in [0.717, 1.165) is 11.1 Å². The zero-order chi connectivity index (χ0) is 17.9. The Morgan fingerprint density at radius 2 is 1.38 bits per heavy atom. The Balaban J connectivity index is 2.03. The molecule has 6 nitrogen and oxygen atoms in total. The summed E-state index contributed by atoms with van der Waals surface area (Å²) in [6.07, 6.45) is 2.05. The molecule has 0 aliphatic heterocycles. The molecular formula is C18H22O6. The molecule has 1 aliphatic rings. The molecule has 1 aromatic rings. The summed E-state index contributed by atoms with van der Waals surface area (Å²) in [5.41, 5.74) is 1.48. The summed E-state index contributed by atoms with van der Waals surface area (Å²) in [4.78, 5) is 34.3. The Bertz CT molecular complexity index is 656. The van der Waals surface area contributed by atoms with Gasteiger partial charge in [-0.3, -0.25) is 14.4 Å². The number of carboxylic acid groups (broad SMARTS) is 1. The van der Waals surface area contributed by atoms with Crippen molar-refractivity contribution >= 4 is 17.9 Å². The first-order valence-electron chi connectivity index (χ1n) is 8.02. The van der Waals surface area contributed by atoms with E-state index in [1.807, 2.05) is 0 Å². The lowest BCUT2D eigenvalue weighted by atomic mass is 9.82. The first-order chi connectivity index (χ1) is 11.3. The van der Waals surface area contributed by atoms with Crippen molar-refractivity contribution in [2.75, 3.05) is 0 Å². The second-order valence-electron chi connectivity index (χ2n) is 6.21. The number of carboxylic acids is 1. The Labute approximate surface area is 140 Å². The topological polar surface area (TPSA) is 89.9 Å². The molecular weight excluding hydrogens is 312 g/mol. The van der Waals surface area contributed by atoms with Gasteiger partial charge in [-0.2, -0.15) is 0 Å². The van der Waals surface area contributed by atoms with E-state index in [-0.39, 0.29) is 17.8 Å². The Morgan fingerprint density at radius 1 is 0.917 bits per heavy atom. The van der Waals surface area contributed by atoms with E-state index in [1.165, 1.54) is 6.92 Å². The third kappa shape index (κ3) is 4.13. The second kappa shape index (κ2) is 7.47. The maximum absolute atomic E-state index is 12.3. The first-order valence-corrected chi connectivity index (χ1v) is 8.02.